The minimum absolute atomic E-state index is 0.185. The predicted octanol–water partition coefficient (Wildman–Crippen LogP) is 4.71. The minimum Gasteiger partial charge on any atom is -0.490 e. The highest BCUT2D eigenvalue weighted by Gasteiger charge is 2.30. The molecule has 6 rings (SSSR count). The molecule has 3 fully saturated rings. The van der Waals surface area contributed by atoms with Crippen molar-refractivity contribution in [1.82, 2.24) is 4.57 Å². The van der Waals surface area contributed by atoms with Crippen molar-refractivity contribution < 1.29 is 17.9 Å². The maximum absolute atomic E-state index is 12.3. The summed E-state index contributed by atoms with van der Waals surface area (Å²) in [6, 6.07) is 14.4. The number of hydrogen-bond acceptors (Lipinski definition) is 5. The fourth-order valence-electron chi connectivity index (χ4n) is 5.41. The number of nitrogen functional groups attached to an aromatic ring is 1. The van der Waals surface area contributed by atoms with Crippen molar-refractivity contribution in [1.29, 1.82) is 0 Å². The maximum atomic E-state index is 12.3. The Bertz CT molecular complexity index is 1310. The zero-order valence-corrected chi connectivity index (χ0v) is 20.1. The van der Waals surface area contributed by atoms with E-state index in [1.807, 2.05) is 30.3 Å². The van der Waals surface area contributed by atoms with Crippen LogP contribution in [0.25, 0.3) is 22.2 Å². The van der Waals surface area contributed by atoms with Crippen LogP contribution >= 0.6 is 0 Å². The van der Waals surface area contributed by atoms with Crippen LogP contribution in [0.5, 0.6) is 5.75 Å². The zero-order valence-electron chi connectivity index (χ0n) is 19.3. The van der Waals surface area contributed by atoms with Crippen LogP contribution in [0.2, 0.25) is 0 Å². The van der Waals surface area contributed by atoms with Crippen LogP contribution in [-0.4, -0.2) is 44.6 Å². The van der Waals surface area contributed by atoms with Gasteiger partial charge in [0.2, 0.25) is 10.0 Å². The molecule has 0 radical (unpaired) electrons. The first-order chi connectivity index (χ1) is 16.5. The van der Waals surface area contributed by atoms with Gasteiger partial charge in [0.25, 0.3) is 0 Å². The summed E-state index contributed by atoms with van der Waals surface area (Å²) in [5, 5.41) is 1.03. The average Bonchev–Trinajstić information content (AvgIpc) is 3.30. The van der Waals surface area contributed by atoms with E-state index in [2.05, 4.69) is 16.7 Å². The van der Waals surface area contributed by atoms with Gasteiger partial charge in [0.15, 0.2) is 0 Å². The molecule has 0 amide bonds. The first-order valence-corrected chi connectivity index (χ1v) is 13.9. The molecule has 34 heavy (non-hydrogen) atoms. The summed E-state index contributed by atoms with van der Waals surface area (Å²) in [4.78, 5) is 0. The summed E-state index contributed by atoms with van der Waals surface area (Å²) in [6.45, 7) is 2.04. The van der Waals surface area contributed by atoms with Gasteiger partial charge in [-0.2, -0.15) is 0 Å². The van der Waals surface area contributed by atoms with Crippen molar-refractivity contribution >= 4 is 32.3 Å². The van der Waals surface area contributed by atoms with Crippen LogP contribution < -0.4 is 14.8 Å². The van der Waals surface area contributed by atoms with E-state index in [4.69, 9.17) is 15.2 Å². The van der Waals surface area contributed by atoms with E-state index in [1.165, 1.54) is 10.7 Å². The molecule has 0 atom stereocenters. The van der Waals surface area contributed by atoms with E-state index in [0.29, 0.717) is 19.0 Å². The van der Waals surface area contributed by atoms with Crippen molar-refractivity contribution in [2.24, 2.45) is 0 Å². The van der Waals surface area contributed by atoms with Crippen molar-refractivity contribution in [3.63, 3.8) is 0 Å². The van der Waals surface area contributed by atoms with Crippen LogP contribution in [0, 0.1) is 0 Å². The molecule has 0 spiro atoms. The van der Waals surface area contributed by atoms with Gasteiger partial charge >= 0.3 is 0 Å². The highest BCUT2D eigenvalue weighted by Crippen LogP contribution is 2.45. The van der Waals surface area contributed by atoms with Crippen molar-refractivity contribution in [2.75, 3.05) is 35.6 Å². The fraction of sp³-hybridized carbons (Fsp3) is 0.462. The highest BCUT2D eigenvalue weighted by atomic mass is 32.2. The van der Waals surface area contributed by atoms with Crippen molar-refractivity contribution in [3.8, 4) is 17.0 Å². The molecule has 1 saturated carbocycles. The first kappa shape index (κ1) is 21.8. The second-order valence-electron chi connectivity index (χ2n) is 9.61. The normalized spacial score (nSPS) is 21.1. The lowest BCUT2D eigenvalue weighted by Crippen LogP contribution is -2.25. The van der Waals surface area contributed by atoms with Gasteiger partial charge in [0.1, 0.15) is 11.9 Å². The van der Waals surface area contributed by atoms with Gasteiger partial charge in [-0.05, 0) is 49.9 Å². The molecule has 0 bridgehead atoms. The van der Waals surface area contributed by atoms with E-state index in [1.54, 1.807) is 0 Å². The number of aromatic nitrogens is 1. The molecule has 7 nitrogen and oxygen atoms in total. The molecule has 2 aromatic carbocycles. The van der Waals surface area contributed by atoms with E-state index in [-0.39, 0.29) is 11.9 Å². The third-order valence-electron chi connectivity index (χ3n) is 7.45. The van der Waals surface area contributed by atoms with Crippen LogP contribution in [0.3, 0.4) is 0 Å². The van der Waals surface area contributed by atoms with Crippen molar-refractivity contribution in [3.05, 3.63) is 42.5 Å². The number of rotatable bonds is 5. The maximum Gasteiger partial charge on any atom is 0.235 e. The average molecular weight is 482 g/mol. The minimum atomic E-state index is -3.20. The van der Waals surface area contributed by atoms with E-state index < -0.39 is 10.0 Å². The Hall–Kier alpha value is -2.71. The van der Waals surface area contributed by atoms with E-state index in [0.717, 1.165) is 78.2 Å². The SMILES string of the molecule is Nc1c(-c2ccc(N3CCCS3(=O)=O)cc2)n(C2CCC2)c2cc(OC3CCOCC3)ccc12. The molecule has 8 heteroatoms. The number of hydrogen-bond donors (Lipinski definition) is 1. The second kappa shape index (κ2) is 8.50. The zero-order chi connectivity index (χ0) is 23.3. The molecule has 3 heterocycles. The number of anilines is 2. The van der Waals surface area contributed by atoms with Crippen LogP contribution in [0.1, 0.15) is 44.6 Å². The largest absolute Gasteiger partial charge is 0.490 e. The smallest absolute Gasteiger partial charge is 0.235 e. The van der Waals surface area contributed by atoms with Gasteiger partial charge in [0, 0.05) is 42.4 Å². The summed E-state index contributed by atoms with van der Waals surface area (Å²) in [5.41, 5.74) is 11.4. The standard InChI is InChI=1S/C26H31N3O4S/c27-25-23-10-9-22(33-21-11-14-32-15-12-21)17-24(23)29(20-3-1-4-20)26(25)18-5-7-19(8-6-18)28-13-2-16-34(28,30)31/h5-10,17,20-21H,1-4,11-16,27H2. The Morgan fingerprint density at radius 3 is 2.38 bits per heavy atom. The van der Waals surface area contributed by atoms with Gasteiger partial charge in [-0.25, -0.2) is 8.42 Å². The molecule has 2 saturated heterocycles. The molecule has 1 aromatic heterocycles. The summed E-state index contributed by atoms with van der Waals surface area (Å²) in [6.07, 6.45) is 6.15. The summed E-state index contributed by atoms with van der Waals surface area (Å²) >= 11 is 0. The van der Waals surface area contributed by atoms with Gasteiger partial charge in [-0.1, -0.05) is 12.1 Å². The summed E-state index contributed by atoms with van der Waals surface area (Å²) in [5.74, 6) is 1.09. The lowest BCUT2D eigenvalue weighted by molar-refractivity contribution is 0.0256. The number of nitrogens with zero attached hydrogens (tertiary/aromatic N) is 2. The van der Waals surface area contributed by atoms with E-state index >= 15 is 0 Å². The predicted molar refractivity (Wildman–Crippen MR) is 135 cm³/mol. The number of benzene rings is 2. The molecular weight excluding hydrogens is 450 g/mol. The number of nitrogens with two attached hydrogens (primary N) is 1. The van der Waals surface area contributed by atoms with Crippen molar-refractivity contribution in [2.45, 2.75) is 50.7 Å². The highest BCUT2D eigenvalue weighted by molar-refractivity contribution is 7.93. The Morgan fingerprint density at radius 2 is 1.74 bits per heavy atom. The van der Waals surface area contributed by atoms with Crippen LogP contribution in [-0.2, 0) is 14.8 Å². The molecule has 0 unspecified atom stereocenters. The molecule has 2 aliphatic heterocycles. The monoisotopic (exact) mass is 481 g/mol. The second-order valence-corrected chi connectivity index (χ2v) is 11.6. The lowest BCUT2D eigenvalue weighted by Gasteiger charge is -2.30. The van der Waals surface area contributed by atoms with Gasteiger partial charge in [-0.3, -0.25) is 4.31 Å². The molecule has 3 aliphatic rings. The summed E-state index contributed by atoms with van der Waals surface area (Å²) < 4.78 is 40.3. The molecule has 1 aliphatic carbocycles. The fourth-order valence-corrected chi connectivity index (χ4v) is 6.97. The molecule has 2 N–H and O–H groups in total. The topological polar surface area (TPSA) is 86.8 Å². The Balaban J connectivity index is 1.39. The number of ether oxygens (including phenoxy) is 2. The van der Waals surface area contributed by atoms with Crippen LogP contribution in [0.15, 0.2) is 42.5 Å². The molecular formula is C26H31N3O4S. The van der Waals surface area contributed by atoms with Crippen LogP contribution in [0.4, 0.5) is 11.4 Å². The Kier molecular flexibility index (Phi) is 5.45. The Morgan fingerprint density at radius 1 is 0.971 bits per heavy atom. The quantitative estimate of drug-likeness (QED) is 0.570. The number of sulfonamides is 1. The lowest BCUT2D eigenvalue weighted by atomic mass is 9.92. The molecule has 180 valence electrons. The number of fused-ring (bicyclic) bond motifs is 1. The third kappa shape index (κ3) is 3.73. The summed E-state index contributed by atoms with van der Waals surface area (Å²) in [7, 11) is -3.20. The first-order valence-electron chi connectivity index (χ1n) is 12.3. The third-order valence-corrected chi connectivity index (χ3v) is 9.32. The Labute approximate surface area is 200 Å². The van der Waals surface area contributed by atoms with Gasteiger partial charge in [-0.15, -0.1) is 0 Å². The van der Waals surface area contributed by atoms with Gasteiger partial charge in [0.05, 0.1) is 41.6 Å². The molecule has 3 aromatic rings. The van der Waals surface area contributed by atoms with Gasteiger partial charge < -0.3 is 19.8 Å². The van der Waals surface area contributed by atoms with E-state index in [9.17, 15) is 8.42 Å².